The summed E-state index contributed by atoms with van der Waals surface area (Å²) >= 11 is 0. The molecule has 0 N–H and O–H groups in total. The summed E-state index contributed by atoms with van der Waals surface area (Å²) in [6, 6.07) is 2.37. The quantitative estimate of drug-likeness (QED) is 0.814. The lowest BCUT2D eigenvalue weighted by Crippen LogP contribution is -2.24. The average Bonchev–Trinajstić information content (AvgIpc) is 3.13. The summed E-state index contributed by atoms with van der Waals surface area (Å²) in [5, 5.41) is 4.10. The topological polar surface area (TPSA) is 51.3 Å². The predicted molar refractivity (Wildman–Crippen MR) is 83.8 cm³/mol. The van der Waals surface area contributed by atoms with Gasteiger partial charge in [0.2, 0.25) is 0 Å². The highest BCUT2D eigenvalue weighted by Gasteiger charge is 2.31. The van der Waals surface area contributed by atoms with E-state index in [1.54, 1.807) is 6.92 Å². The molecule has 0 saturated carbocycles. The standard InChI is InChI=1S/C17H23N3O2/c1-11-17(13(3)22-18-11)16-6-5-7-20(16)10-15-8-14(12(2)21)9-19(15)4/h8-9,16H,5-7,10H2,1-4H3. The van der Waals surface area contributed by atoms with E-state index in [1.807, 2.05) is 33.2 Å². The number of carbonyl (C=O) groups excluding carboxylic acids is 1. The fraction of sp³-hybridized carbons (Fsp3) is 0.529. The number of ketones is 1. The highest BCUT2D eigenvalue weighted by molar-refractivity contribution is 5.94. The van der Waals surface area contributed by atoms with Crippen LogP contribution in [-0.2, 0) is 13.6 Å². The first-order chi connectivity index (χ1) is 10.5. The molecule has 0 amide bonds. The summed E-state index contributed by atoms with van der Waals surface area (Å²) in [5.74, 6) is 1.04. The lowest BCUT2D eigenvalue weighted by atomic mass is 10.0. The minimum Gasteiger partial charge on any atom is -0.361 e. The van der Waals surface area contributed by atoms with E-state index in [0.29, 0.717) is 6.04 Å². The maximum atomic E-state index is 11.5. The van der Waals surface area contributed by atoms with Crippen molar-refractivity contribution in [3.05, 3.63) is 40.5 Å². The second-order valence-corrected chi connectivity index (χ2v) is 6.25. The zero-order valence-electron chi connectivity index (χ0n) is 13.7. The van der Waals surface area contributed by atoms with E-state index < -0.39 is 0 Å². The molecule has 1 fully saturated rings. The third-order valence-corrected chi connectivity index (χ3v) is 4.66. The van der Waals surface area contributed by atoms with Crippen LogP contribution in [0.25, 0.3) is 0 Å². The summed E-state index contributed by atoms with van der Waals surface area (Å²) in [4.78, 5) is 14.0. The van der Waals surface area contributed by atoms with Gasteiger partial charge in [-0.05, 0) is 46.2 Å². The first-order valence-electron chi connectivity index (χ1n) is 7.80. The first kappa shape index (κ1) is 15.0. The van der Waals surface area contributed by atoms with Crippen molar-refractivity contribution in [3.8, 4) is 0 Å². The summed E-state index contributed by atoms with van der Waals surface area (Å²) in [6.45, 7) is 7.52. The molecule has 118 valence electrons. The molecule has 0 spiro atoms. The van der Waals surface area contributed by atoms with Gasteiger partial charge in [0.1, 0.15) is 5.76 Å². The highest BCUT2D eigenvalue weighted by atomic mass is 16.5. The molecule has 1 aliphatic rings. The van der Waals surface area contributed by atoms with Crippen LogP contribution in [0.4, 0.5) is 0 Å². The molecular formula is C17H23N3O2. The third-order valence-electron chi connectivity index (χ3n) is 4.66. The Morgan fingerprint density at radius 3 is 2.82 bits per heavy atom. The van der Waals surface area contributed by atoms with Gasteiger partial charge in [0.05, 0.1) is 5.69 Å². The van der Waals surface area contributed by atoms with Crippen molar-refractivity contribution in [2.24, 2.45) is 7.05 Å². The molecular weight excluding hydrogens is 278 g/mol. The second kappa shape index (κ2) is 5.72. The van der Waals surface area contributed by atoms with E-state index in [4.69, 9.17) is 4.52 Å². The van der Waals surface area contributed by atoms with Crippen LogP contribution in [0, 0.1) is 13.8 Å². The molecule has 0 bridgehead atoms. The number of rotatable bonds is 4. The van der Waals surface area contributed by atoms with Crippen molar-refractivity contribution < 1.29 is 9.32 Å². The van der Waals surface area contributed by atoms with Gasteiger partial charge in [0, 0.05) is 42.7 Å². The summed E-state index contributed by atoms with van der Waals surface area (Å²) in [5.41, 5.74) is 4.18. The molecule has 22 heavy (non-hydrogen) atoms. The molecule has 1 aliphatic heterocycles. The van der Waals surface area contributed by atoms with Crippen LogP contribution < -0.4 is 0 Å². The number of nitrogens with zero attached hydrogens (tertiary/aromatic N) is 3. The Hall–Kier alpha value is -1.88. The number of hydrogen-bond donors (Lipinski definition) is 0. The number of aromatic nitrogens is 2. The van der Waals surface area contributed by atoms with Crippen LogP contribution in [0.1, 0.15) is 58.9 Å². The first-order valence-corrected chi connectivity index (χ1v) is 7.80. The van der Waals surface area contributed by atoms with Crippen LogP contribution in [0.5, 0.6) is 0 Å². The fourth-order valence-electron chi connectivity index (χ4n) is 3.48. The van der Waals surface area contributed by atoms with Gasteiger partial charge < -0.3 is 9.09 Å². The zero-order chi connectivity index (χ0) is 15.9. The van der Waals surface area contributed by atoms with Gasteiger partial charge >= 0.3 is 0 Å². The van der Waals surface area contributed by atoms with Crippen LogP contribution in [0.3, 0.4) is 0 Å². The van der Waals surface area contributed by atoms with Gasteiger partial charge in [-0.1, -0.05) is 5.16 Å². The Labute approximate surface area is 130 Å². The van der Waals surface area contributed by atoms with Crippen LogP contribution >= 0.6 is 0 Å². The van der Waals surface area contributed by atoms with Gasteiger partial charge in [-0.3, -0.25) is 9.69 Å². The van der Waals surface area contributed by atoms with E-state index in [-0.39, 0.29) is 5.78 Å². The molecule has 1 atom stereocenters. The third kappa shape index (κ3) is 2.61. The lowest BCUT2D eigenvalue weighted by molar-refractivity contribution is 0.101. The van der Waals surface area contributed by atoms with Crippen molar-refractivity contribution in [1.29, 1.82) is 0 Å². The molecule has 2 aromatic heterocycles. The van der Waals surface area contributed by atoms with E-state index in [9.17, 15) is 4.79 Å². The summed E-state index contributed by atoms with van der Waals surface area (Å²) < 4.78 is 7.39. The van der Waals surface area contributed by atoms with Crippen molar-refractivity contribution in [2.75, 3.05) is 6.54 Å². The van der Waals surface area contributed by atoms with E-state index in [2.05, 4.69) is 14.6 Å². The Bertz CT molecular complexity index is 679. The van der Waals surface area contributed by atoms with Gasteiger partial charge in [-0.2, -0.15) is 0 Å². The Balaban J connectivity index is 1.84. The molecule has 3 rings (SSSR count). The maximum absolute atomic E-state index is 11.5. The lowest BCUT2D eigenvalue weighted by Gasteiger charge is -2.24. The molecule has 1 unspecified atom stereocenters. The van der Waals surface area contributed by atoms with Crippen molar-refractivity contribution in [3.63, 3.8) is 0 Å². The maximum Gasteiger partial charge on any atom is 0.161 e. The summed E-state index contributed by atoms with van der Waals surface area (Å²) in [7, 11) is 2.00. The predicted octanol–water partition coefficient (Wildman–Crippen LogP) is 3.17. The number of Topliss-reactive ketones (excluding diaryl/α,β-unsaturated/α-hetero) is 1. The highest BCUT2D eigenvalue weighted by Crippen LogP contribution is 2.36. The van der Waals surface area contributed by atoms with Crippen LogP contribution in [0.2, 0.25) is 0 Å². The van der Waals surface area contributed by atoms with Gasteiger partial charge in [-0.15, -0.1) is 0 Å². The minimum absolute atomic E-state index is 0.116. The van der Waals surface area contributed by atoms with E-state index >= 15 is 0 Å². The molecule has 0 aliphatic carbocycles. The fourth-order valence-corrected chi connectivity index (χ4v) is 3.48. The number of carbonyl (C=O) groups is 1. The molecule has 2 aromatic rings. The monoisotopic (exact) mass is 301 g/mol. The Morgan fingerprint density at radius 1 is 1.45 bits per heavy atom. The van der Waals surface area contributed by atoms with Crippen molar-refractivity contribution in [1.82, 2.24) is 14.6 Å². The van der Waals surface area contributed by atoms with Gasteiger partial charge in [0.15, 0.2) is 5.78 Å². The zero-order valence-corrected chi connectivity index (χ0v) is 13.7. The van der Waals surface area contributed by atoms with Gasteiger partial charge in [0.25, 0.3) is 0 Å². The van der Waals surface area contributed by atoms with E-state index in [0.717, 1.165) is 36.5 Å². The number of likely N-dealkylation sites (tertiary alicyclic amines) is 1. The van der Waals surface area contributed by atoms with E-state index in [1.165, 1.54) is 17.7 Å². The van der Waals surface area contributed by atoms with Crippen molar-refractivity contribution in [2.45, 2.75) is 46.2 Å². The number of hydrogen-bond acceptors (Lipinski definition) is 4. The average molecular weight is 301 g/mol. The van der Waals surface area contributed by atoms with Crippen LogP contribution in [-0.4, -0.2) is 27.0 Å². The molecule has 1 saturated heterocycles. The Morgan fingerprint density at radius 2 is 2.23 bits per heavy atom. The molecule has 5 nitrogen and oxygen atoms in total. The second-order valence-electron chi connectivity index (χ2n) is 6.25. The SMILES string of the molecule is CC(=O)c1cc(CN2CCCC2c2c(C)noc2C)n(C)c1. The largest absolute Gasteiger partial charge is 0.361 e. The van der Waals surface area contributed by atoms with Crippen LogP contribution in [0.15, 0.2) is 16.8 Å². The number of aryl methyl sites for hydroxylation is 3. The normalized spacial score (nSPS) is 19.0. The molecule has 3 heterocycles. The minimum atomic E-state index is 0.116. The molecule has 0 aromatic carbocycles. The molecule has 0 radical (unpaired) electrons. The Kier molecular flexibility index (Phi) is 3.91. The van der Waals surface area contributed by atoms with Gasteiger partial charge in [-0.25, -0.2) is 0 Å². The van der Waals surface area contributed by atoms with Crippen molar-refractivity contribution >= 4 is 5.78 Å². The summed E-state index contributed by atoms with van der Waals surface area (Å²) in [6.07, 6.45) is 4.23. The smallest absolute Gasteiger partial charge is 0.161 e. The molecule has 5 heteroatoms.